The maximum Gasteiger partial charge on any atom is 0.0434 e. The summed E-state index contributed by atoms with van der Waals surface area (Å²) in [5.74, 6) is 0. The van der Waals surface area contributed by atoms with Crippen LogP contribution in [0.5, 0.6) is 0 Å². The van der Waals surface area contributed by atoms with Crippen molar-refractivity contribution in [3.05, 3.63) is 42.0 Å². The minimum Gasteiger partial charge on any atom is -0.396 e. The highest BCUT2D eigenvalue weighted by atomic mass is 16.2. The zero-order valence-corrected chi connectivity index (χ0v) is 8.09. The second kappa shape index (κ2) is 4.83. The van der Waals surface area contributed by atoms with Crippen molar-refractivity contribution in [1.29, 1.82) is 0 Å². The van der Waals surface area contributed by atoms with Crippen LogP contribution in [0.3, 0.4) is 0 Å². The van der Waals surface area contributed by atoms with Crippen LogP contribution >= 0.6 is 0 Å². The van der Waals surface area contributed by atoms with Gasteiger partial charge in [0.1, 0.15) is 0 Å². The lowest BCUT2D eigenvalue weighted by atomic mass is 10.0. The molecule has 70 valence electrons. The van der Waals surface area contributed by atoms with Gasteiger partial charge in [-0.25, -0.2) is 0 Å². The van der Waals surface area contributed by atoms with Crippen LogP contribution in [0, 0.1) is 6.92 Å². The number of rotatable bonds is 4. The summed E-state index contributed by atoms with van der Waals surface area (Å²) in [6.07, 6.45) is 1.67. The molecule has 0 unspecified atom stereocenters. The van der Waals surface area contributed by atoms with E-state index in [1.807, 2.05) is 0 Å². The number of hydrogen-bond acceptors (Lipinski definition) is 1. The van der Waals surface area contributed by atoms with Crippen LogP contribution in [0.1, 0.15) is 24.0 Å². The third kappa shape index (κ3) is 3.03. The second-order valence-electron chi connectivity index (χ2n) is 3.30. The first kappa shape index (κ1) is 10.0. The van der Waals surface area contributed by atoms with E-state index in [2.05, 4.69) is 37.8 Å². The molecule has 1 nitrogen and oxygen atoms in total. The highest BCUT2D eigenvalue weighted by Crippen LogP contribution is 2.17. The van der Waals surface area contributed by atoms with E-state index in [0.717, 1.165) is 18.4 Å². The van der Waals surface area contributed by atoms with Gasteiger partial charge in [0.05, 0.1) is 0 Å². The molecule has 1 aromatic carbocycles. The van der Waals surface area contributed by atoms with Crippen molar-refractivity contribution in [2.24, 2.45) is 0 Å². The van der Waals surface area contributed by atoms with Gasteiger partial charge in [-0.05, 0) is 30.9 Å². The van der Waals surface area contributed by atoms with Crippen molar-refractivity contribution in [3.8, 4) is 0 Å². The maximum atomic E-state index is 8.67. The summed E-state index contributed by atoms with van der Waals surface area (Å²) in [5.41, 5.74) is 3.55. The van der Waals surface area contributed by atoms with E-state index >= 15 is 0 Å². The standard InChI is InChI=1S/C12H16O/c1-10-5-7-12(8-6-10)11(2)4-3-9-13/h5-8,13H,2-4,9H2,1H3. The number of aliphatic hydroxyl groups excluding tert-OH is 1. The van der Waals surface area contributed by atoms with Gasteiger partial charge in [0.25, 0.3) is 0 Å². The van der Waals surface area contributed by atoms with E-state index in [1.54, 1.807) is 0 Å². The van der Waals surface area contributed by atoms with Crippen molar-refractivity contribution < 1.29 is 5.11 Å². The minimum absolute atomic E-state index is 0.241. The summed E-state index contributed by atoms with van der Waals surface area (Å²) in [4.78, 5) is 0. The quantitative estimate of drug-likeness (QED) is 0.748. The Hall–Kier alpha value is -1.08. The summed E-state index contributed by atoms with van der Waals surface area (Å²) in [5, 5.41) is 8.67. The van der Waals surface area contributed by atoms with Gasteiger partial charge in [-0.15, -0.1) is 0 Å². The SMILES string of the molecule is C=C(CCCO)c1ccc(C)cc1. The zero-order valence-electron chi connectivity index (χ0n) is 8.09. The highest BCUT2D eigenvalue weighted by Gasteiger charge is 1.97. The van der Waals surface area contributed by atoms with Crippen LogP contribution in [0.2, 0.25) is 0 Å². The molecule has 0 atom stereocenters. The van der Waals surface area contributed by atoms with Crippen molar-refractivity contribution >= 4 is 5.57 Å². The molecular weight excluding hydrogens is 160 g/mol. The van der Waals surface area contributed by atoms with Gasteiger partial charge in [-0.1, -0.05) is 36.4 Å². The predicted molar refractivity (Wildman–Crippen MR) is 56.5 cm³/mol. The summed E-state index contributed by atoms with van der Waals surface area (Å²) in [7, 11) is 0. The van der Waals surface area contributed by atoms with Crippen LogP contribution in [-0.2, 0) is 0 Å². The molecule has 1 N–H and O–H groups in total. The Morgan fingerprint density at radius 3 is 2.46 bits per heavy atom. The zero-order chi connectivity index (χ0) is 9.68. The van der Waals surface area contributed by atoms with Gasteiger partial charge in [-0.3, -0.25) is 0 Å². The van der Waals surface area contributed by atoms with Gasteiger partial charge in [0.15, 0.2) is 0 Å². The lowest BCUT2D eigenvalue weighted by Crippen LogP contribution is -1.87. The van der Waals surface area contributed by atoms with Crippen LogP contribution < -0.4 is 0 Å². The average Bonchev–Trinajstić information content (AvgIpc) is 2.15. The van der Waals surface area contributed by atoms with Crippen LogP contribution in [0.15, 0.2) is 30.8 Å². The Kier molecular flexibility index (Phi) is 3.71. The first-order valence-corrected chi connectivity index (χ1v) is 4.59. The first-order valence-electron chi connectivity index (χ1n) is 4.59. The molecule has 0 saturated carbocycles. The van der Waals surface area contributed by atoms with E-state index < -0.39 is 0 Å². The molecule has 1 rings (SSSR count). The molecule has 0 fully saturated rings. The number of allylic oxidation sites excluding steroid dienone is 1. The molecule has 0 amide bonds. The summed E-state index contributed by atoms with van der Waals surface area (Å²) < 4.78 is 0. The molecule has 1 heteroatoms. The van der Waals surface area contributed by atoms with E-state index in [0.29, 0.717) is 0 Å². The van der Waals surface area contributed by atoms with Crippen molar-refractivity contribution in [2.75, 3.05) is 6.61 Å². The molecule has 0 heterocycles. The molecule has 0 aliphatic rings. The van der Waals surface area contributed by atoms with Crippen LogP contribution in [0.4, 0.5) is 0 Å². The largest absolute Gasteiger partial charge is 0.396 e. The van der Waals surface area contributed by atoms with Gasteiger partial charge < -0.3 is 5.11 Å². The Morgan fingerprint density at radius 2 is 1.92 bits per heavy atom. The first-order chi connectivity index (χ1) is 6.24. The number of aliphatic hydroxyl groups is 1. The number of hydrogen-bond donors (Lipinski definition) is 1. The molecule has 0 radical (unpaired) electrons. The van der Waals surface area contributed by atoms with E-state index in [-0.39, 0.29) is 6.61 Å². The molecule has 0 saturated heterocycles. The average molecular weight is 176 g/mol. The fourth-order valence-corrected chi connectivity index (χ4v) is 1.23. The Balaban J connectivity index is 2.61. The third-order valence-electron chi connectivity index (χ3n) is 2.10. The monoisotopic (exact) mass is 176 g/mol. The van der Waals surface area contributed by atoms with E-state index in [4.69, 9.17) is 5.11 Å². The van der Waals surface area contributed by atoms with Crippen molar-refractivity contribution in [2.45, 2.75) is 19.8 Å². The predicted octanol–water partition coefficient (Wildman–Crippen LogP) is 2.78. The van der Waals surface area contributed by atoms with Crippen molar-refractivity contribution in [3.63, 3.8) is 0 Å². The minimum atomic E-state index is 0.241. The molecule has 13 heavy (non-hydrogen) atoms. The number of benzene rings is 1. The third-order valence-corrected chi connectivity index (χ3v) is 2.10. The topological polar surface area (TPSA) is 20.2 Å². The Bertz CT molecular complexity index is 272. The molecule has 0 aromatic heterocycles. The molecule has 1 aromatic rings. The van der Waals surface area contributed by atoms with E-state index in [9.17, 15) is 0 Å². The van der Waals surface area contributed by atoms with E-state index in [1.165, 1.54) is 11.1 Å². The van der Waals surface area contributed by atoms with Gasteiger partial charge in [0, 0.05) is 6.61 Å². The summed E-state index contributed by atoms with van der Waals surface area (Å²) in [6, 6.07) is 8.32. The molecule has 0 aliphatic heterocycles. The maximum absolute atomic E-state index is 8.67. The van der Waals surface area contributed by atoms with Crippen molar-refractivity contribution in [1.82, 2.24) is 0 Å². The lowest BCUT2D eigenvalue weighted by molar-refractivity contribution is 0.290. The smallest absolute Gasteiger partial charge is 0.0434 e. The summed E-state index contributed by atoms with van der Waals surface area (Å²) >= 11 is 0. The Morgan fingerprint density at radius 1 is 1.31 bits per heavy atom. The molecular formula is C12H16O. The van der Waals surface area contributed by atoms with Gasteiger partial charge in [0.2, 0.25) is 0 Å². The Labute approximate surface area is 79.7 Å². The fourth-order valence-electron chi connectivity index (χ4n) is 1.23. The fraction of sp³-hybridized carbons (Fsp3) is 0.333. The summed E-state index contributed by atoms with van der Waals surface area (Å²) in [6.45, 7) is 6.29. The molecule has 0 bridgehead atoms. The normalized spacial score (nSPS) is 10.0. The lowest BCUT2D eigenvalue weighted by Gasteiger charge is -2.04. The van der Waals surface area contributed by atoms with Crippen LogP contribution in [-0.4, -0.2) is 11.7 Å². The van der Waals surface area contributed by atoms with Gasteiger partial charge in [-0.2, -0.15) is 0 Å². The van der Waals surface area contributed by atoms with Gasteiger partial charge >= 0.3 is 0 Å². The molecule has 0 aliphatic carbocycles. The van der Waals surface area contributed by atoms with Crippen LogP contribution in [0.25, 0.3) is 5.57 Å². The number of aryl methyl sites for hydroxylation is 1. The highest BCUT2D eigenvalue weighted by molar-refractivity contribution is 5.63. The molecule has 0 spiro atoms. The second-order valence-corrected chi connectivity index (χ2v) is 3.30.